The number of ketones is 1. The zero-order chi connectivity index (χ0) is 28.3. The molecule has 3 heterocycles. The van der Waals surface area contributed by atoms with Crippen LogP contribution in [0.4, 0.5) is 0 Å². The van der Waals surface area contributed by atoms with Crippen LogP contribution in [0.5, 0.6) is 0 Å². The predicted octanol–water partition coefficient (Wildman–Crippen LogP) is 4.39. The zero-order valence-corrected chi connectivity index (χ0v) is 24.0. The van der Waals surface area contributed by atoms with E-state index in [1.807, 2.05) is 26.0 Å². The van der Waals surface area contributed by atoms with Crippen molar-refractivity contribution in [2.45, 2.75) is 97.8 Å². The number of aryl methyl sites for hydroxylation is 2. The van der Waals surface area contributed by atoms with Crippen molar-refractivity contribution >= 4 is 28.5 Å². The third kappa shape index (κ3) is 4.69. The van der Waals surface area contributed by atoms with E-state index >= 15 is 0 Å². The van der Waals surface area contributed by atoms with E-state index in [1.54, 1.807) is 22.0 Å². The van der Waals surface area contributed by atoms with E-state index in [2.05, 4.69) is 34.2 Å². The zero-order valence-electron chi connectivity index (χ0n) is 24.0. The van der Waals surface area contributed by atoms with Crippen LogP contribution in [0.3, 0.4) is 0 Å². The van der Waals surface area contributed by atoms with Gasteiger partial charge < -0.3 is 10.2 Å². The number of aromatic nitrogens is 4. The SMILES string of the molecule is CC(=O)c1nn(CC(=O)N2C3C[C@]3(C)C[C@H]2C(=O)NC(C)CC2CCC2)c2c(C)cc(-c3cnc(C)nc3)cc12. The minimum absolute atomic E-state index is 0.00741. The lowest BCUT2D eigenvalue weighted by Gasteiger charge is -2.31. The number of rotatable bonds is 8. The van der Waals surface area contributed by atoms with Gasteiger partial charge in [-0.1, -0.05) is 26.2 Å². The topological polar surface area (TPSA) is 110 Å². The number of amides is 2. The van der Waals surface area contributed by atoms with Gasteiger partial charge in [-0.2, -0.15) is 5.10 Å². The van der Waals surface area contributed by atoms with Crippen LogP contribution < -0.4 is 5.32 Å². The Labute approximate surface area is 234 Å². The molecule has 1 saturated heterocycles. The first-order valence-corrected chi connectivity index (χ1v) is 14.5. The molecule has 1 aliphatic heterocycles. The van der Waals surface area contributed by atoms with E-state index in [0.29, 0.717) is 29.2 Å². The molecule has 2 saturated carbocycles. The highest BCUT2D eigenvalue weighted by atomic mass is 16.2. The molecule has 0 spiro atoms. The van der Waals surface area contributed by atoms with Crippen LogP contribution in [0.25, 0.3) is 22.0 Å². The lowest BCUT2D eigenvalue weighted by atomic mass is 9.81. The molecule has 2 amide bonds. The van der Waals surface area contributed by atoms with Crippen molar-refractivity contribution in [1.29, 1.82) is 0 Å². The first-order chi connectivity index (χ1) is 19.0. The van der Waals surface area contributed by atoms with Crippen molar-refractivity contribution < 1.29 is 14.4 Å². The predicted molar refractivity (Wildman–Crippen MR) is 152 cm³/mol. The quantitative estimate of drug-likeness (QED) is 0.423. The van der Waals surface area contributed by atoms with Gasteiger partial charge in [-0.05, 0) is 74.6 Å². The Morgan fingerprint density at radius 2 is 1.82 bits per heavy atom. The summed E-state index contributed by atoms with van der Waals surface area (Å²) in [6.45, 7) is 9.50. The van der Waals surface area contributed by atoms with Gasteiger partial charge in [0.25, 0.3) is 0 Å². The maximum atomic E-state index is 13.9. The Morgan fingerprint density at radius 3 is 2.48 bits per heavy atom. The maximum absolute atomic E-state index is 13.9. The van der Waals surface area contributed by atoms with Crippen molar-refractivity contribution in [3.63, 3.8) is 0 Å². The van der Waals surface area contributed by atoms with Crippen molar-refractivity contribution in [2.75, 3.05) is 0 Å². The molecule has 6 rings (SSSR count). The van der Waals surface area contributed by atoms with Crippen LogP contribution in [0.1, 0.15) is 81.2 Å². The van der Waals surface area contributed by atoms with Gasteiger partial charge in [0.15, 0.2) is 5.78 Å². The van der Waals surface area contributed by atoms with Gasteiger partial charge >= 0.3 is 0 Å². The fourth-order valence-corrected chi connectivity index (χ4v) is 6.81. The molecule has 2 aliphatic carbocycles. The lowest BCUT2D eigenvalue weighted by molar-refractivity contribution is -0.140. The number of piperidine rings is 1. The van der Waals surface area contributed by atoms with Crippen molar-refractivity contribution in [2.24, 2.45) is 11.3 Å². The molecule has 2 unspecified atom stereocenters. The number of fused-ring (bicyclic) bond motifs is 2. The molecule has 0 bridgehead atoms. The highest BCUT2D eigenvalue weighted by Gasteiger charge is 2.64. The van der Waals surface area contributed by atoms with E-state index < -0.39 is 6.04 Å². The summed E-state index contributed by atoms with van der Waals surface area (Å²) in [6.07, 6.45) is 9.90. The molecule has 3 aromatic rings. The van der Waals surface area contributed by atoms with E-state index in [1.165, 1.54) is 26.2 Å². The number of hydrogen-bond donors (Lipinski definition) is 1. The van der Waals surface area contributed by atoms with Crippen molar-refractivity contribution in [3.05, 3.63) is 41.6 Å². The van der Waals surface area contributed by atoms with Gasteiger partial charge in [-0.3, -0.25) is 19.1 Å². The molecular formula is C31H38N6O3. The Bertz CT molecular complexity index is 1510. The van der Waals surface area contributed by atoms with Crippen LogP contribution in [0.2, 0.25) is 0 Å². The molecule has 1 aromatic carbocycles. The fraction of sp³-hybridized carbons (Fsp3) is 0.548. The normalized spacial score (nSPS) is 24.5. The van der Waals surface area contributed by atoms with Crippen molar-refractivity contribution in [3.8, 4) is 11.1 Å². The molecule has 9 heteroatoms. The van der Waals surface area contributed by atoms with Gasteiger partial charge in [0.05, 0.1) is 5.52 Å². The molecule has 9 nitrogen and oxygen atoms in total. The third-order valence-electron chi connectivity index (χ3n) is 9.29. The molecule has 3 aliphatic rings. The first kappa shape index (κ1) is 26.6. The second kappa shape index (κ2) is 9.78. The fourth-order valence-electron chi connectivity index (χ4n) is 6.81. The van der Waals surface area contributed by atoms with E-state index in [0.717, 1.165) is 35.0 Å². The summed E-state index contributed by atoms with van der Waals surface area (Å²) >= 11 is 0. The van der Waals surface area contributed by atoms with Gasteiger partial charge in [0, 0.05) is 42.4 Å². The Kier molecular flexibility index (Phi) is 6.50. The Morgan fingerprint density at radius 1 is 1.10 bits per heavy atom. The highest BCUT2D eigenvalue weighted by molar-refractivity contribution is 6.07. The average molecular weight is 543 g/mol. The largest absolute Gasteiger partial charge is 0.352 e. The lowest BCUT2D eigenvalue weighted by Crippen LogP contribution is -2.51. The summed E-state index contributed by atoms with van der Waals surface area (Å²) in [5.41, 5.74) is 3.71. The second-order valence-corrected chi connectivity index (χ2v) is 12.6. The summed E-state index contributed by atoms with van der Waals surface area (Å²) in [4.78, 5) is 50.3. The molecule has 4 atom stereocenters. The molecule has 3 fully saturated rings. The number of hydrogen-bond acceptors (Lipinski definition) is 6. The monoisotopic (exact) mass is 542 g/mol. The summed E-state index contributed by atoms with van der Waals surface area (Å²) in [5, 5.41) is 8.52. The Balaban J connectivity index is 1.27. The molecular weight excluding hydrogens is 504 g/mol. The summed E-state index contributed by atoms with van der Waals surface area (Å²) in [6, 6.07) is 3.64. The second-order valence-electron chi connectivity index (χ2n) is 12.6. The first-order valence-electron chi connectivity index (χ1n) is 14.5. The number of carbonyl (C=O) groups excluding carboxylic acids is 3. The average Bonchev–Trinajstić information content (AvgIpc) is 3.23. The molecule has 2 aromatic heterocycles. The van der Waals surface area contributed by atoms with Crippen LogP contribution in [-0.4, -0.2) is 60.4 Å². The minimum atomic E-state index is -0.469. The Hall–Kier alpha value is -3.62. The number of nitrogens with zero attached hydrogens (tertiary/aromatic N) is 5. The molecule has 1 N–H and O–H groups in total. The van der Waals surface area contributed by atoms with Crippen molar-refractivity contribution in [1.82, 2.24) is 30.0 Å². The molecule has 210 valence electrons. The number of carbonyl (C=O) groups is 3. The molecule has 40 heavy (non-hydrogen) atoms. The molecule has 0 radical (unpaired) electrons. The van der Waals surface area contributed by atoms with E-state index in [-0.39, 0.29) is 41.6 Å². The standard InChI is InChI=1S/C31H38N6O3/c1-17-9-22(23-14-32-20(4)33-15-23)11-24-28(19(3)38)35-36(29(17)24)16-27(39)37-25(12-31(5)13-26(31)37)30(40)34-18(2)10-21-7-6-8-21/h9,11,14-15,18,21,25-26H,6-8,10,12-13,16H2,1-5H3,(H,34,40)/t18?,25-,26?,31-/m0/s1. The summed E-state index contributed by atoms with van der Waals surface area (Å²) in [7, 11) is 0. The smallest absolute Gasteiger partial charge is 0.245 e. The van der Waals surface area contributed by atoms with Crippen LogP contribution in [-0.2, 0) is 16.1 Å². The number of likely N-dealkylation sites (tertiary alicyclic amines) is 1. The summed E-state index contributed by atoms with van der Waals surface area (Å²) in [5.74, 6) is 1.04. The van der Waals surface area contributed by atoms with Gasteiger partial charge in [0.2, 0.25) is 11.8 Å². The van der Waals surface area contributed by atoms with Crippen LogP contribution >= 0.6 is 0 Å². The van der Waals surface area contributed by atoms with E-state index in [4.69, 9.17) is 0 Å². The third-order valence-corrected chi connectivity index (χ3v) is 9.29. The number of nitrogens with one attached hydrogen (secondary N) is 1. The van der Waals surface area contributed by atoms with Crippen LogP contribution in [0, 0.1) is 25.2 Å². The van der Waals surface area contributed by atoms with Gasteiger partial charge in [-0.15, -0.1) is 0 Å². The van der Waals surface area contributed by atoms with Gasteiger partial charge in [0.1, 0.15) is 24.1 Å². The minimum Gasteiger partial charge on any atom is -0.352 e. The highest BCUT2D eigenvalue weighted by Crippen LogP contribution is 2.59. The van der Waals surface area contributed by atoms with E-state index in [9.17, 15) is 14.4 Å². The van der Waals surface area contributed by atoms with Gasteiger partial charge in [-0.25, -0.2) is 9.97 Å². The summed E-state index contributed by atoms with van der Waals surface area (Å²) < 4.78 is 1.64. The maximum Gasteiger partial charge on any atom is 0.245 e. The van der Waals surface area contributed by atoms with Crippen LogP contribution in [0.15, 0.2) is 24.5 Å². The number of benzene rings is 1. The number of Topliss-reactive ketones (excluding diaryl/α,β-unsaturated/α-hetero) is 1.